The van der Waals surface area contributed by atoms with Gasteiger partial charge in [-0.2, -0.15) is 0 Å². The van der Waals surface area contributed by atoms with Crippen molar-refractivity contribution in [3.05, 3.63) is 58.0 Å². The van der Waals surface area contributed by atoms with Gasteiger partial charge in [0.15, 0.2) is 5.82 Å². The first-order chi connectivity index (χ1) is 9.54. The molecule has 0 aliphatic rings. The minimum Gasteiger partial charge on any atom is -0.228 e. The Balaban J connectivity index is 2.24. The maximum atomic E-state index is 13.2. The first-order valence-electron chi connectivity index (χ1n) is 5.94. The van der Waals surface area contributed by atoms with Gasteiger partial charge in [-0.3, -0.25) is 0 Å². The number of hydrogen-bond acceptors (Lipinski definition) is 2. The Morgan fingerprint density at radius 3 is 2.55 bits per heavy atom. The second-order valence-corrected chi connectivity index (χ2v) is 5.25. The van der Waals surface area contributed by atoms with Crippen LogP contribution in [0.25, 0.3) is 22.3 Å². The highest BCUT2D eigenvalue weighted by Crippen LogP contribution is 2.28. The van der Waals surface area contributed by atoms with Gasteiger partial charge in [0.2, 0.25) is 0 Å². The first-order valence-corrected chi connectivity index (χ1v) is 6.69. The van der Waals surface area contributed by atoms with Crippen molar-refractivity contribution in [3.63, 3.8) is 0 Å². The van der Waals surface area contributed by atoms with Crippen molar-refractivity contribution in [2.75, 3.05) is 0 Å². The summed E-state index contributed by atoms with van der Waals surface area (Å²) in [6.45, 7) is 1.81. The van der Waals surface area contributed by atoms with E-state index in [1.165, 1.54) is 12.1 Å². The summed E-state index contributed by atoms with van der Waals surface area (Å²) in [5.41, 5.74) is 2.22. The average Bonchev–Trinajstić information content (AvgIpc) is 2.39. The van der Waals surface area contributed by atoms with Gasteiger partial charge in [0, 0.05) is 16.0 Å². The van der Waals surface area contributed by atoms with E-state index in [0.717, 1.165) is 11.1 Å². The fourth-order valence-corrected chi connectivity index (χ4v) is 2.47. The molecule has 0 saturated heterocycles. The van der Waals surface area contributed by atoms with E-state index < -0.39 is 0 Å². The van der Waals surface area contributed by atoms with Crippen LogP contribution < -0.4 is 0 Å². The highest BCUT2D eigenvalue weighted by atomic mass is 35.5. The Bertz CT molecular complexity index is 818. The number of benzene rings is 2. The SMILES string of the molecule is Cc1cc(F)ccc1-c1nc(Cl)c2cc(Cl)ccc2n1. The first kappa shape index (κ1) is 13.3. The molecule has 0 aliphatic heterocycles. The summed E-state index contributed by atoms with van der Waals surface area (Å²) in [7, 11) is 0. The van der Waals surface area contributed by atoms with Crippen molar-refractivity contribution >= 4 is 34.1 Å². The maximum Gasteiger partial charge on any atom is 0.161 e. The van der Waals surface area contributed by atoms with Gasteiger partial charge >= 0.3 is 0 Å². The quantitative estimate of drug-likeness (QED) is 0.588. The summed E-state index contributed by atoms with van der Waals surface area (Å²) < 4.78 is 13.2. The molecule has 1 aromatic heterocycles. The van der Waals surface area contributed by atoms with Crippen molar-refractivity contribution in [1.82, 2.24) is 9.97 Å². The summed E-state index contributed by atoms with van der Waals surface area (Å²) in [5.74, 6) is 0.187. The van der Waals surface area contributed by atoms with Crippen LogP contribution in [-0.2, 0) is 0 Å². The summed E-state index contributed by atoms with van der Waals surface area (Å²) in [6.07, 6.45) is 0. The number of fused-ring (bicyclic) bond motifs is 1. The zero-order valence-electron chi connectivity index (χ0n) is 10.5. The van der Waals surface area contributed by atoms with E-state index in [1.807, 2.05) is 6.92 Å². The zero-order chi connectivity index (χ0) is 14.3. The highest BCUT2D eigenvalue weighted by Gasteiger charge is 2.10. The Morgan fingerprint density at radius 2 is 1.80 bits per heavy atom. The van der Waals surface area contributed by atoms with Crippen LogP contribution in [0.15, 0.2) is 36.4 Å². The molecule has 0 saturated carbocycles. The third-order valence-corrected chi connectivity index (χ3v) is 3.56. The lowest BCUT2D eigenvalue weighted by Crippen LogP contribution is -1.94. The molecule has 0 aliphatic carbocycles. The van der Waals surface area contributed by atoms with Gasteiger partial charge in [-0.05, 0) is 48.9 Å². The standard InChI is InChI=1S/C15H9Cl2FN2/c1-8-6-10(18)3-4-11(8)15-19-13-5-2-9(16)7-12(13)14(17)20-15/h2-7H,1H3. The van der Waals surface area contributed by atoms with E-state index >= 15 is 0 Å². The topological polar surface area (TPSA) is 25.8 Å². The van der Waals surface area contributed by atoms with E-state index in [0.29, 0.717) is 26.9 Å². The molecule has 0 amide bonds. The van der Waals surface area contributed by atoms with Crippen LogP contribution in [0, 0.1) is 12.7 Å². The number of hydrogen-bond donors (Lipinski definition) is 0. The smallest absolute Gasteiger partial charge is 0.161 e. The monoisotopic (exact) mass is 306 g/mol. The van der Waals surface area contributed by atoms with Crippen LogP contribution in [0.5, 0.6) is 0 Å². The van der Waals surface area contributed by atoms with E-state index in [9.17, 15) is 4.39 Å². The third kappa shape index (κ3) is 2.35. The maximum absolute atomic E-state index is 13.2. The second kappa shape index (κ2) is 5.00. The van der Waals surface area contributed by atoms with E-state index in [1.54, 1.807) is 24.3 Å². The fourth-order valence-electron chi connectivity index (χ4n) is 2.06. The molecule has 0 fully saturated rings. The minimum absolute atomic E-state index is 0.287. The molecule has 3 aromatic rings. The molecule has 2 aromatic carbocycles. The average molecular weight is 307 g/mol. The number of nitrogens with zero attached hydrogens (tertiary/aromatic N) is 2. The second-order valence-electron chi connectivity index (χ2n) is 4.46. The predicted octanol–water partition coefficient (Wildman–Crippen LogP) is 5.05. The molecular formula is C15H9Cl2FN2. The van der Waals surface area contributed by atoms with Crippen molar-refractivity contribution in [2.45, 2.75) is 6.92 Å². The van der Waals surface area contributed by atoms with Crippen LogP contribution in [0.4, 0.5) is 4.39 Å². The minimum atomic E-state index is -0.287. The van der Waals surface area contributed by atoms with Gasteiger partial charge in [0.1, 0.15) is 11.0 Å². The van der Waals surface area contributed by atoms with Gasteiger partial charge in [-0.15, -0.1) is 0 Å². The van der Waals surface area contributed by atoms with Gasteiger partial charge < -0.3 is 0 Å². The number of aromatic nitrogens is 2. The fraction of sp³-hybridized carbons (Fsp3) is 0.0667. The summed E-state index contributed by atoms with van der Waals surface area (Å²) in [5, 5.41) is 1.60. The Morgan fingerprint density at radius 1 is 1.00 bits per heavy atom. The lowest BCUT2D eigenvalue weighted by molar-refractivity contribution is 0.627. The Kier molecular flexibility index (Phi) is 3.32. The molecule has 1 heterocycles. The number of rotatable bonds is 1. The zero-order valence-corrected chi connectivity index (χ0v) is 12.0. The molecule has 2 nitrogen and oxygen atoms in total. The van der Waals surface area contributed by atoms with Crippen molar-refractivity contribution in [1.29, 1.82) is 0 Å². The summed E-state index contributed by atoms with van der Waals surface area (Å²) in [6, 6.07) is 9.73. The van der Waals surface area contributed by atoms with Crippen LogP contribution >= 0.6 is 23.2 Å². The summed E-state index contributed by atoms with van der Waals surface area (Å²) in [4.78, 5) is 8.74. The molecule has 5 heteroatoms. The summed E-state index contributed by atoms with van der Waals surface area (Å²) >= 11 is 12.1. The predicted molar refractivity (Wildman–Crippen MR) is 79.7 cm³/mol. The number of aryl methyl sites for hydroxylation is 1. The van der Waals surface area contributed by atoms with Gasteiger partial charge in [0.05, 0.1) is 5.52 Å². The van der Waals surface area contributed by atoms with Crippen molar-refractivity contribution < 1.29 is 4.39 Å². The molecule has 0 N–H and O–H groups in total. The third-order valence-electron chi connectivity index (χ3n) is 3.04. The largest absolute Gasteiger partial charge is 0.228 e. The lowest BCUT2D eigenvalue weighted by Gasteiger charge is -2.07. The number of halogens is 3. The molecule has 20 heavy (non-hydrogen) atoms. The van der Waals surface area contributed by atoms with Gasteiger partial charge in [-0.1, -0.05) is 23.2 Å². The van der Waals surface area contributed by atoms with Gasteiger partial charge in [-0.25, -0.2) is 14.4 Å². The van der Waals surface area contributed by atoms with Crippen LogP contribution in [0.2, 0.25) is 10.2 Å². The normalized spacial score (nSPS) is 11.0. The van der Waals surface area contributed by atoms with E-state index in [4.69, 9.17) is 23.2 Å². The lowest BCUT2D eigenvalue weighted by atomic mass is 10.1. The molecule has 100 valence electrons. The van der Waals surface area contributed by atoms with Crippen LogP contribution in [0.1, 0.15) is 5.56 Å². The molecule has 3 rings (SSSR count). The van der Waals surface area contributed by atoms with Crippen molar-refractivity contribution in [2.24, 2.45) is 0 Å². The molecule has 0 unspecified atom stereocenters. The van der Waals surface area contributed by atoms with Crippen molar-refractivity contribution in [3.8, 4) is 11.4 Å². The van der Waals surface area contributed by atoms with Crippen LogP contribution in [-0.4, -0.2) is 9.97 Å². The van der Waals surface area contributed by atoms with E-state index in [-0.39, 0.29) is 5.82 Å². The highest BCUT2D eigenvalue weighted by molar-refractivity contribution is 6.35. The van der Waals surface area contributed by atoms with Crippen LogP contribution in [0.3, 0.4) is 0 Å². The van der Waals surface area contributed by atoms with Gasteiger partial charge in [0.25, 0.3) is 0 Å². The molecule has 0 radical (unpaired) electrons. The molecule has 0 bridgehead atoms. The molecule has 0 spiro atoms. The molecule has 0 atom stereocenters. The van der Waals surface area contributed by atoms with E-state index in [2.05, 4.69) is 9.97 Å². The molecular weight excluding hydrogens is 298 g/mol. The Labute approximate surface area is 125 Å². The Hall–Kier alpha value is -1.71.